The molecular formula is C15H21F3N2O. The predicted molar refractivity (Wildman–Crippen MR) is 75.6 cm³/mol. The Bertz CT molecular complexity index is 488. The maximum atomic E-state index is 12.7. The number of halogens is 3. The minimum Gasteiger partial charge on any atom is -0.342 e. The minimum absolute atomic E-state index is 0.0959. The van der Waals surface area contributed by atoms with E-state index in [0.29, 0.717) is 12.1 Å². The van der Waals surface area contributed by atoms with Gasteiger partial charge in [0.15, 0.2) is 0 Å². The molecule has 2 N–H and O–H groups in total. The predicted octanol–water partition coefficient (Wildman–Crippen LogP) is 2.69. The maximum Gasteiger partial charge on any atom is 0.416 e. The third-order valence-electron chi connectivity index (χ3n) is 3.57. The van der Waals surface area contributed by atoms with E-state index in [-0.39, 0.29) is 18.4 Å². The average Bonchev–Trinajstić information content (AvgIpc) is 2.44. The number of carbonyl (C=O) groups excluding carboxylic acids is 1. The van der Waals surface area contributed by atoms with Crippen molar-refractivity contribution >= 4 is 5.91 Å². The molecule has 3 nitrogen and oxygen atoms in total. The second kappa shape index (κ2) is 6.93. The standard InChI is InChI=1S/C15H21F3N2O/c1-10(14(21)20(3)11(2)9-19)7-12-5-4-6-13(8-12)15(16,17)18/h4-6,8,10-11H,7,9,19H2,1-3H3. The zero-order valence-electron chi connectivity index (χ0n) is 12.4. The van der Waals surface area contributed by atoms with E-state index in [4.69, 9.17) is 5.73 Å². The lowest BCUT2D eigenvalue weighted by Crippen LogP contribution is -2.42. The SMILES string of the molecule is CC(Cc1cccc(C(F)(F)F)c1)C(=O)N(C)C(C)CN. The van der Waals surface area contributed by atoms with E-state index >= 15 is 0 Å². The van der Waals surface area contributed by atoms with Gasteiger partial charge < -0.3 is 10.6 Å². The summed E-state index contributed by atoms with van der Waals surface area (Å²) in [6, 6.07) is 4.99. The molecule has 0 aliphatic heterocycles. The van der Waals surface area contributed by atoms with Crippen LogP contribution in [-0.4, -0.2) is 30.4 Å². The minimum atomic E-state index is -4.37. The van der Waals surface area contributed by atoms with Gasteiger partial charge in [0.1, 0.15) is 0 Å². The van der Waals surface area contributed by atoms with Gasteiger partial charge in [-0.1, -0.05) is 25.1 Å². The van der Waals surface area contributed by atoms with Crippen LogP contribution in [0.1, 0.15) is 25.0 Å². The summed E-state index contributed by atoms with van der Waals surface area (Å²) in [4.78, 5) is 13.7. The van der Waals surface area contributed by atoms with Crippen LogP contribution in [-0.2, 0) is 17.4 Å². The Morgan fingerprint density at radius 3 is 2.48 bits per heavy atom. The quantitative estimate of drug-likeness (QED) is 0.909. The third kappa shape index (κ3) is 4.74. The van der Waals surface area contributed by atoms with Gasteiger partial charge in [0.2, 0.25) is 5.91 Å². The number of nitrogens with two attached hydrogens (primary N) is 1. The fraction of sp³-hybridized carbons (Fsp3) is 0.533. The third-order valence-corrected chi connectivity index (χ3v) is 3.57. The molecule has 0 spiro atoms. The monoisotopic (exact) mass is 302 g/mol. The summed E-state index contributed by atoms with van der Waals surface area (Å²) in [5.41, 5.74) is 5.32. The molecule has 118 valence electrons. The first kappa shape index (κ1) is 17.5. The van der Waals surface area contributed by atoms with Crippen LogP contribution in [0.2, 0.25) is 0 Å². The van der Waals surface area contributed by atoms with E-state index in [1.54, 1.807) is 20.0 Å². The Hall–Kier alpha value is -1.56. The van der Waals surface area contributed by atoms with Crippen LogP contribution < -0.4 is 5.73 Å². The van der Waals surface area contributed by atoms with Crippen LogP contribution in [0.5, 0.6) is 0 Å². The van der Waals surface area contributed by atoms with Crippen molar-refractivity contribution in [2.75, 3.05) is 13.6 Å². The highest BCUT2D eigenvalue weighted by molar-refractivity contribution is 5.78. The molecule has 1 aromatic rings. The Morgan fingerprint density at radius 1 is 1.33 bits per heavy atom. The molecule has 1 aromatic carbocycles. The molecule has 0 aliphatic carbocycles. The smallest absolute Gasteiger partial charge is 0.342 e. The van der Waals surface area contributed by atoms with Crippen LogP contribution in [0.15, 0.2) is 24.3 Å². The first-order valence-electron chi connectivity index (χ1n) is 6.79. The number of hydrogen-bond acceptors (Lipinski definition) is 2. The van der Waals surface area contributed by atoms with Crippen molar-refractivity contribution in [2.45, 2.75) is 32.5 Å². The fourth-order valence-corrected chi connectivity index (χ4v) is 2.04. The Kier molecular flexibility index (Phi) is 5.78. The molecule has 0 heterocycles. The van der Waals surface area contributed by atoms with E-state index in [1.807, 2.05) is 6.92 Å². The molecule has 21 heavy (non-hydrogen) atoms. The van der Waals surface area contributed by atoms with Gasteiger partial charge in [0.25, 0.3) is 0 Å². The molecule has 1 rings (SSSR count). The number of benzene rings is 1. The maximum absolute atomic E-state index is 12.7. The van der Waals surface area contributed by atoms with Crippen molar-refractivity contribution in [1.82, 2.24) is 4.90 Å². The molecule has 1 amide bonds. The number of carbonyl (C=O) groups is 1. The molecule has 0 aliphatic rings. The second-order valence-corrected chi connectivity index (χ2v) is 5.34. The molecule has 6 heteroatoms. The van der Waals surface area contributed by atoms with Crippen molar-refractivity contribution in [3.63, 3.8) is 0 Å². The number of amides is 1. The highest BCUT2D eigenvalue weighted by Crippen LogP contribution is 2.30. The summed E-state index contributed by atoms with van der Waals surface area (Å²) in [7, 11) is 1.66. The Morgan fingerprint density at radius 2 is 1.95 bits per heavy atom. The lowest BCUT2D eigenvalue weighted by molar-refractivity contribution is -0.137. The highest BCUT2D eigenvalue weighted by Gasteiger charge is 2.30. The normalized spacial score (nSPS) is 14.6. The van der Waals surface area contributed by atoms with Gasteiger partial charge >= 0.3 is 6.18 Å². The lowest BCUT2D eigenvalue weighted by atomic mass is 9.98. The fourth-order valence-electron chi connectivity index (χ4n) is 2.04. The molecule has 0 saturated carbocycles. The highest BCUT2D eigenvalue weighted by atomic mass is 19.4. The van der Waals surface area contributed by atoms with Crippen LogP contribution in [0.3, 0.4) is 0 Å². The van der Waals surface area contributed by atoms with Gasteiger partial charge in [-0.2, -0.15) is 13.2 Å². The molecule has 0 saturated heterocycles. The Balaban J connectivity index is 2.79. The van der Waals surface area contributed by atoms with E-state index in [0.717, 1.165) is 12.1 Å². The summed E-state index contributed by atoms with van der Waals surface area (Å²) in [6.45, 7) is 3.88. The van der Waals surface area contributed by atoms with Gasteiger partial charge in [-0.05, 0) is 25.0 Å². The molecule has 0 fully saturated rings. The first-order valence-corrected chi connectivity index (χ1v) is 6.79. The van der Waals surface area contributed by atoms with Gasteiger partial charge in [-0.15, -0.1) is 0 Å². The van der Waals surface area contributed by atoms with E-state index in [2.05, 4.69) is 0 Å². The van der Waals surface area contributed by atoms with Crippen LogP contribution in [0.4, 0.5) is 13.2 Å². The number of nitrogens with zero attached hydrogens (tertiary/aromatic N) is 1. The van der Waals surface area contributed by atoms with Gasteiger partial charge in [-0.3, -0.25) is 4.79 Å². The summed E-state index contributed by atoms with van der Waals surface area (Å²) < 4.78 is 38.0. The number of likely N-dealkylation sites (N-methyl/N-ethyl adjacent to an activating group) is 1. The summed E-state index contributed by atoms with van der Waals surface area (Å²) >= 11 is 0. The average molecular weight is 302 g/mol. The van der Waals surface area contributed by atoms with Gasteiger partial charge in [-0.25, -0.2) is 0 Å². The van der Waals surface area contributed by atoms with Crippen molar-refractivity contribution in [2.24, 2.45) is 11.7 Å². The van der Waals surface area contributed by atoms with E-state index < -0.39 is 17.7 Å². The van der Waals surface area contributed by atoms with Crippen molar-refractivity contribution in [3.8, 4) is 0 Å². The molecule has 0 bridgehead atoms. The number of rotatable bonds is 5. The zero-order chi connectivity index (χ0) is 16.2. The molecule has 2 unspecified atom stereocenters. The van der Waals surface area contributed by atoms with Crippen LogP contribution in [0, 0.1) is 5.92 Å². The molecular weight excluding hydrogens is 281 g/mol. The summed E-state index contributed by atoms with van der Waals surface area (Å²) in [6.07, 6.45) is -4.10. The van der Waals surface area contributed by atoms with Crippen LogP contribution >= 0.6 is 0 Å². The topological polar surface area (TPSA) is 46.3 Å². The second-order valence-electron chi connectivity index (χ2n) is 5.34. The van der Waals surface area contributed by atoms with Gasteiger partial charge in [0, 0.05) is 25.6 Å². The van der Waals surface area contributed by atoms with E-state index in [1.165, 1.54) is 11.0 Å². The van der Waals surface area contributed by atoms with Gasteiger partial charge in [0.05, 0.1) is 5.56 Å². The van der Waals surface area contributed by atoms with Crippen LogP contribution in [0.25, 0.3) is 0 Å². The van der Waals surface area contributed by atoms with Crippen molar-refractivity contribution < 1.29 is 18.0 Å². The zero-order valence-corrected chi connectivity index (χ0v) is 12.4. The molecule has 0 radical (unpaired) electrons. The van der Waals surface area contributed by atoms with Crippen molar-refractivity contribution in [1.29, 1.82) is 0 Å². The number of hydrogen-bond donors (Lipinski definition) is 1. The molecule has 2 atom stereocenters. The Labute approximate surface area is 122 Å². The molecule has 0 aromatic heterocycles. The largest absolute Gasteiger partial charge is 0.416 e. The summed E-state index contributed by atoms with van der Waals surface area (Å²) in [5, 5.41) is 0. The summed E-state index contributed by atoms with van der Waals surface area (Å²) in [5.74, 6) is -0.516. The van der Waals surface area contributed by atoms with E-state index in [9.17, 15) is 18.0 Å². The van der Waals surface area contributed by atoms with Crippen molar-refractivity contribution in [3.05, 3.63) is 35.4 Å². The lowest BCUT2D eigenvalue weighted by Gasteiger charge is -2.26. The number of alkyl halides is 3. The first-order chi connectivity index (χ1) is 9.66.